The Balaban J connectivity index is 1.66. The first-order chi connectivity index (χ1) is 11.7. The molecule has 25 heavy (non-hydrogen) atoms. The lowest BCUT2D eigenvalue weighted by Gasteiger charge is -2.37. The maximum absolute atomic E-state index is 13.0. The predicted octanol–water partition coefficient (Wildman–Crippen LogP) is 2.30. The van der Waals surface area contributed by atoms with Gasteiger partial charge in [0.15, 0.2) is 0 Å². The van der Waals surface area contributed by atoms with Crippen LogP contribution >= 0.6 is 0 Å². The van der Waals surface area contributed by atoms with Crippen molar-refractivity contribution in [3.8, 4) is 0 Å². The Morgan fingerprint density at radius 3 is 2.64 bits per heavy atom. The van der Waals surface area contributed by atoms with E-state index in [1.165, 1.54) is 0 Å². The minimum atomic E-state index is -0.533. The number of nitrogens with one attached hydrogen (secondary N) is 1. The normalized spacial score (nSPS) is 30.6. The van der Waals surface area contributed by atoms with Crippen molar-refractivity contribution in [2.75, 3.05) is 19.6 Å². The maximum atomic E-state index is 13.0. The number of carbonyl (C=O) groups is 2. The summed E-state index contributed by atoms with van der Waals surface area (Å²) in [7, 11) is 0. The van der Waals surface area contributed by atoms with Gasteiger partial charge in [0.05, 0.1) is 11.5 Å². The number of rotatable bonds is 4. The van der Waals surface area contributed by atoms with Crippen molar-refractivity contribution < 1.29 is 19.4 Å². The van der Waals surface area contributed by atoms with Crippen molar-refractivity contribution in [2.45, 2.75) is 71.0 Å². The Morgan fingerprint density at radius 1 is 1.28 bits per heavy atom. The van der Waals surface area contributed by atoms with Gasteiger partial charge >= 0.3 is 6.09 Å². The summed E-state index contributed by atoms with van der Waals surface area (Å²) < 4.78 is 5.51. The molecule has 6 heteroatoms. The highest BCUT2D eigenvalue weighted by Crippen LogP contribution is 2.47. The van der Waals surface area contributed by atoms with Crippen molar-refractivity contribution in [1.29, 1.82) is 0 Å². The van der Waals surface area contributed by atoms with Gasteiger partial charge < -0.3 is 20.1 Å². The Hall–Kier alpha value is -1.30. The zero-order valence-corrected chi connectivity index (χ0v) is 15.7. The fourth-order valence-corrected chi connectivity index (χ4v) is 4.31. The summed E-state index contributed by atoms with van der Waals surface area (Å²) in [5.74, 6) is 0.539. The van der Waals surface area contributed by atoms with Gasteiger partial charge in [0.2, 0.25) is 5.91 Å². The second kappa shape index (κ2) is 6.78. The van der Waals surface area contributed by atoms with Crippen LogP contribution in [0.2, 0.25) is 0 Å². The molecular formula is C19H32N2O4. The van der Waals surface area contributed by atoms with Crippen LogP contribution in [0.4, 0.5) is 4.79 Å². The number of nitrogens with zero attached hydrogens (tertiary/aromatic N) is 1. The number of ether oxygens (including phenoxy) is 1. The summed E-state index contributed by atoms with van der Waals surface area (Å²) in [5.41, 5.74) is -1.05. The highest BCUT2D eigenvalue weighted by molar-refractivity contribution is 5.85. The quantitative estimate of drug-likeness (QED) is 0.814. The summed E-state index contributed by atoms with van der Waals surface area (Å²) >= 11 is 0. The third-order valence-electron chi connectivity index (χ3n) is 5.86. The number of fused-ring (bicyclic) bond motifs is 1. The molecule has 1 heterocycles. The predicted molar refractivity (Wildman–Crippen MR) is 93.9 cm³/mol. The van der Waals surface area contributed by atoms with Crippen LogP contribution in [0.15, 0.2) is 0 Å². The molecule has 0 unspecified atom stereocenters. The number of aliphatic hydroxyl groups excluding tert-OH is 1. The minimum Gasteiger partial charge on any atom is -0.444 e. The van der Waals surface area contributed by atoms with Gasteiger partial charge in [0, 0.05) is 19.6 Å². The molecule has 1 aliphatic heterocycles. The number of hydrogen-bond acceptors (Lipinski definition) is 4. The van der Waals surface area contributed by atoms with Crippen LogP contribution in [-0.2, 0) is 9.53 Å². The number of likely N-dealkylation sites (tertiary alicyclic amines) is 1. The Labute approximate surface area is 150 Å². The second-order valence-electron chi connectivity index (χ2n) is 9.07. The molecule has 0 aromatic rings. The molecule has 3 aliphatic rings. The molecular weight excluding hydrogens is 320 g/mol. The zero-order chi connectivity index (χ0) is 18.2. The van der Waals surface area contributed by atoms with E-state index in [0.29, 0.717) is 25.6 Å². The van der Waals surface area contributed by atoms with Crippen LogP contribution < -0.4 is 5.32 Å². The smallest absolute Gasteiger partial charge is 0.410 e. The van der Waals surface area contributed by atoms with Gasteiger partial charge in [0.25, 0.3) is 0 Å². The van der Waals surface area contributed by atoms with Crippen molar-refractivity contribution in [1.82, 2.24) is 10.2 Å². The molecule has 0 aromatic carbocycles. The average molecular weight is 352 g/mol. The minimum absolute atomic E-state index is 0.00274. The van der Waals surface area contributed by atoms with E-state index in [0.717, 1.165) is 38.5 Å². The van der Waals surface area contributed by atoms with Gasteiger partial charge in [-0.3, -0.25) is 4.79 Å². The molecule has 142 valence electrons. The van der Waals surface area contributed by atoms with Crippen LogP contribution in [-0.4, -0.2) is 53.3 Å². The van der Waals surface area contributed by atoms with Gasteiger partial charge in [-0.2, -0.15) is 0 Å². The first kappa shape index (κ1) is 18.5. The third kappa shape index (κ3) is 4.10. The van der Waals surface area contributed by atoms with Crippen LogP contribution in [0.3, 0.4) is 0 Å². The molecule has 0 radical (unpaired) electrons. The standard InChI is InChI=1S/C19H32N2O4/c1-18(2,3)25-17(24)21-11-14-6-4-5-9-19(14,12-21)16(23)20-10-15(22)13-7-8-13/h13-15,22H,4-12H2,1-3H3,(H,20,23)/t14-,15-,19+/m0/s1. The van der Waals surface area contributed by atoms with Gasteiger partial charge in [-0.25, -0.2) is 4.79 Å². The number of carbonyl (C=O) groups excluding carboxylic acids is 2. The van der Waals surface area contributed by atoms with Crippen LogP contribution in [0, 0.1) is 17.3 Å². The topological polar surface area (TPSA) is 78.9 Å². The fourth-order valence-electron chi connectivity index (χ4n) is 4.31. The lowest BCUT2D eigenvalue weighted by Crippen LogP contribution is -2.50. The summed E-state index contributed by atoms with van der Waals surface area (Å²) in [6.45, 7) is 6.91. The molecule has 3 rings (SSSR count). The molecule has 2 saturated carbocycles. The van der Waals surface area contributed by atoms with Gasteiger partial charge in [-0.15, -0.1) is 0 Å². The first-order valence-electron chi connectivity index (χ1n) is 9.65. The second-order valence-corrected chi connectivity index (χ2v) is 9.07. The Morgan fingerprint density at radius 2 is 2.00 bits per heavy atom. The van der Waals surface area contributed by atoms with Gasteiger partial charge in [-0.05, 0) is 58.3 Å². The zero-order valence-electron chi connectivity index (χ0n) is 15.7. The summed E-state index contributed by atoms with van der Waals surface area (Å²) in [5, 5.41) is 13.0. The largest absolute Gasteiger partial charge is 0.444 e. The monoisotopic (exact) mass is 352 g/mol. The average Bonchev–Trinajstić information content (AvgIpc) is 3.30. The van der Waals surface area contributed by atoms with E-state index in [9.17, 15) is 14.7 Å². The summed E-state index contributed by atoms with van der Waals surface area (Å²) in [6, 6.07) is 0. The van der Waals surface area contributed by atoms with E-state index in [1.54, 1.807) is 4.90 Å². The molecule has 2 N–H and O–H groups in total. The highest BCUT2D eigenvalue weighted by atomic mass is 16.6. The van der Waals surface area contributed by atoms with E-state index in [-0.39, 0.29) is 17.9 Å². The summed E-state index contributed by atoms with van der Waals surface area (Å²) in [4.78, 5) is 27.2. The van der Waals surface area contributed by atoms with Crippen LogP contribution in [0.25, 0.3) is 0 Å². The molecule has 0 aromatic heterocycles. The van der Waals surface area contributed by atoms with Gasteiger partial charge in [-0.1, -0.05) is 12.8 Å². The molecule has 3 fully saturated rings. The Kier molecular flexibility index (Phi) is 5.02. The highest BCUT2D eigenvalue weighted by Gasteiger charge is 2.54. The number of amides is 2. The fraction of sp³-hybridized carbons (Fsp3) is 0.895. The molecule has 2 amide bonds. The molecule has 0 bridgehead atoms. The first-order valence-corrected chi connectivity index (χ1v) is 9.65. The lowest BCUT2D eigenvalue weighted by molar-refractivity contribution is -0.134. The number of hydrogen-bond donors (Lipinski definition) is 2. The molecule has 6 nitrogen and oxygen atoms in total. The van der Waals surface area contributed by atoms with E-state index in [4.69, 9.17) is 4.74 Å². The van der Waals surface area contributed by atoms with Crippen molar-refractivity contribution in [3.05, 3.63) is 0 Å². The van der Waals surface area contributed by atoms with E-state index in [2.05, 4.69) is 5.32 Å². The van der Waals surface area contributed by atoms with E-state index in [1.807, 2.05) is 20.8 Å². The van der Waals surface area contributed by atoms with Crippen molar-refractivity contribution in [3.63, 3.8) is 0 Å². The molecule has 1 saturated heterocycles. The van der Waals surface area contributed by atoms with E-state index >= 15 is 0 Å². The summed E-state index contributed by atoms with van der Waals surface area (Å²) in [6.07, 6.45) is 5.23. The van der Waals surface area contributed by atoms with Gasteiger partial charge in [0.1, 0.15) is 5.60 Å². The third-order valence-corrected chi connectivity index (χ3v) is 5.86. The van der Waals surface area contributed by atoms with Crippen LogP contribution in [0.1, 0.15) is 59.3 Å². The molecule has 2 aliphatic carbocycles. The van der Waals surface area contributed by atoms with Crippen molar-refractivity contribution >= 4 is 12.0 Å². The van der Waals surface area contributed by atoms with Crippen molar-refractivity contribution in [2.24, 2.45) is 17.3 Å². The lowest BCUT2D eigenvalue weighted by atomic mass is 9.67. The Bertz CT molecular complexity index is 526. The van der Waals surface area contributed by atoms with Crippen LogP contribution in [0.5, 0.6) is 0 Å². The molecule has 3 atom stereocenters. The molecule has 0 spiro atoms. The maximum Gasteiger partial charge on any atom is 0.410 e. The number of aliphatic hydroxyl groups is 1. The van der Waals surface area contributed by atoms with E-state index < -0.39 is 17.1 Å². The SMILES string of the molecule is CC(C)(C)OC(=O)N1C[C@@H]2CCCC[C@@]2(C(=O)NC[C@H](O)C2CC2)C1.